The normalized spacial score (nSPS) is 10.5. The molecule has 2 aromatic rings. The van der Waals surface area contributed by atoms with Gasteiger partial charge in [-0.15, -0.1) is 0 Å². The van der Waals surface area contributed by atoms with E-state index in [1.807, 2.05) is 30.3 Å². The largest absolute Gasteiger partial charge is 0.336 e. The van der Waals surface area contributed by atoms with E-state index in [1.165, 1.54) is 12.3 Å². The Morgan fingerprint density at radius 3 is 2.73 bits per heavy atom. The van der Waals surface area contributed by atoms with E-state index in [4.69, 9.17) is 0 Å². The van der Waals surface area contributed by atoms with E-state index in [1.54, 1.807) is 6.07 Å². The molecule has 0 radical (unpaired) electrons. The number of rotatable bonds is 6. The Morgan fingerprint density at radius 1 is 1.27 bits per heavy atom. The molecule has 2 N–H and O–H groups in total. The van der Waals surface area contributed by atoms with E-state index in [0.717, 1.165) is 23.3 Å². The molecule has 22 heavy (non-hydrogen) atoms. The van der Waals surface area contributed by atoms with Crippen LogP contribution in [0.1, 0.15) is 10.4 Å². The molecule has 0 bridgehead atoms. The smallest absolute Gasteiger partial charge is 0.335 e. The fraction of sp³-hybridized carbons (Fsp3) is 0.143. The molecule has 2 amide bonds. The molecule has 0 aliphatic rings. The van der Waals surface area contributed by atoms with Crippen LogP contribution in [0.15, 0.2) is 47.6 Å². The fourth-order valence-electron chi connectivity index (χ4n) is 1.67. The number of amides is 2. The lowest BCUT2D eigenvalue weighted by molar-refractivity contribution is -0.380. The number of nitro groups is 1. The predicted octanol–water partition coefficient (Wildman–Crippen LogP) is 2.53. The highest BCUT2D eigenvalue weighted by molar-refractivity contribution is 7.16. The SMILES string of the molecule is O=C(NCCc1ccccc1)N/N=C/c1ccc([N+](=O)[O-])s1. The monoisotopic (exact) mass is 318 g/mol. The van der Waals surface area contributed by atoms with Gasteiger partial charge in [0.05, 0.1) is 16.0 Å². The van der Waals surface area contributed by atoms with E-state index in [0.29, 0.717) is 11.4 Å². The molecule has 0 fully saturated rings. The molecule has 0 spiro atoms. The molecule has 2 rings (SSSR count). The van der Waals surface area contributed by atoms with E-state index in [2.05, 4.69) is 15.8 Å². The van der Waals surface area contributed by atoms with Gasteiger partial charge in [-0.1, -0.05) is 41.7 Å². The van der Waals surface area contributed by atoms with Crippen LogP contribution in [0.3, 0.4) is 0 Å². The minimum Gasteiger partial charge on any atom is -0.336 e. The Morgan fingerprint density at radius 2 is 2.05 bits per heavy atom. The average molecular weight is 318 g/mol. The number of carbonyl (C=O) groups excluding carboxylic acids is 1. The first-order chi connectivity index (χ1) is 10.6. The molecule has 1 aromatic heterocycles. The van der Waals surface area contributed by atoms with Crippen molar-refractivity contribution >= 4 is 28.6 Å². The summed E-state index contributed by atoms with van der Waals surface area (Å²) in [7, 11) is 0. The van der Waals surface area contributed by atoms with E-state index >= 15 is 0 Å². The Kier molecular flexibility index (Phi) is 5.61. The van der Waals surface area contributed by atoms with Crippen molar-refractivity contribution in [1.29, 1.82) is 0 Å². The molecule has 0 atom stereocenters. The molecular formula is C14H14N4O3S. The summed E-state index contributed by atoms with van der Waals surface area (Å²) < 4.78 is 0. The van der Waals surface area contributed by atoms with Gasteiger partial charge in [-0.05, 0) is 18.1 Å². The summed E-state index contributed by atoms with van der Waals surface area (Å²) in [4.78, 5) is 22.1. The number of thiophene rings is 1. The number of benzene rings is 1. The van der Waals surface area contributed by atoms with Crippen molar-refractivity contribution in [3.63, 3.8) is 0 Å². The van der Waals surface area contributed by atoms with Crippen LogP contribution in [0.5, 0.6) is 0 Å². The molecule has 8 heteroatoms. The summed E-state index contributed by atoms with van der Waals surface area (Å²) in [6, 6.07) is 12.3. The highest BCUT2D eigenvalue weighted by Crippen LogP contribution is 2.22. The molecule has 1 aromatic carbocycles. The lowest BCUT2D eigenvalue weighted by atomic mass is 10.1. The van der Waals surface area contributed by atoms with Crippen LogP contribution in [-0.2, 0) is 6.42 Å². The second-order valence-corrected chi connectivity index (χ2v) is 5.39. The number of hydrogen-bond donors (Lipinski definition) is 2. The first-order valence-electron chi connectivity index (χ1n) is 6.50. The lowest BCUT2D eigenvalue weighted by Crippen LogP contribution is -2.33. The maximum atomic E-state index is 11.5. The Balaban J connectivity index is 1.70. The first-order valence-corrected chi connectivity index (χ1v) is 7.32. The van der Waals surface area contributed by atoms with Crippen molar-refractivity contribution in [1.82, 2.24) is 10.7 Å². The van der Waals surface area contributed by atoms with Gasteiger partial charge in [-0.25, -0.2) is 10.2 Å². The van der Waals surface area contributed by atoms with Crippen molar-refractivity contribution in [3.8, 4) is 0 Å². The third-order valence-corrected chi connectivity index (χ3v) is 3.66. The van der Waals surface area contributed by atoms with Gasteiger partial charge in [0.1, 0.15) is 0 Å². The number of carbonyl (C=O) groups is 1. The third-order valence-electron chi connectivity index (χ3n) is 2.69. The zero-order valence-corrected chi connectivity index (χ0v) is 12.4. The zero-order chi connectivity index (χ0) is 15.8. The van der Waals surface area contributed by atoms with Crippen LogP contribution in [0.25, 0.3) is 0 Å². The number of hydrogen-bond acceptors (Lipinski definition) is 5. The average Bonchev–Trinajstić information content (AvgIpc) is 2.97. The molecule has 0 saturated heterocycles. The standard InChI is InChI=1S/C14H14N4O3S/c19-14(15-9-8-11-4-2-1-3-5-11)17-16-10-12-6-7-13(22-12)18(20)21/h1-7,10H,8-9H2,(H2,15,17,19)/b16-10+. The van der Waals surface area contributed by atoms with Crippen molar-refractivity contribution in [2.75, 3.05) is 6.54 Å². The van der Waals surface area contributed by atoms with Crippen molar-refractivity contribution < 1.29 is 9.72 Å². The Labute approximate surface area is 130 Å². The van der Waals surface area contributed by atoms with Gasteiger partial charge in [-0.3, -0.25) is 10.1 Å². The Bertz CT molecular complexity index is 670. The van der Waals surface area contributed by atoms with Gasteiger partial charge in [0.25, 0.3) is 0 Å². The van der Waals surface area contributed by atoms with Crippen molar-refractivity contribution in [2.45, 2.75) is 6.42 Å². The highest BCUT2D eigenvalue weighted by Gasteiger charge is 2.08. The van der Waals surface area contributed by atoms with Crippen LogP contribution in [0.2, 0.25) is 0 Å². The molecule has 114 valence electrons. The van der Waals surface area contributed by atoms with E-state index < -0.39 is 11.0 Å². The number of urea groups is 1. The molecule has 0 aliphatic heterocycles. The lowest BCUT2D eigenvalue weighted by Gasteiger charge is -2.03. The van der Waals surface area contributed by atoms with Crippen molar-refractivity contribution in [3.05, 3.63) is 63.0 Å². The van der Waals surface area contributed by atoms with Gasteiger partial charge in [-0.2, -0.15) is 5.10 Å². The summed E-state index contributed by atoms with van der Waals surface area (Å²) >= 11 is 0.988. The van der Waals surface area contributed by atoms with E-state index in [-0.39, 0.29) is 5.00 Å². The summed E-state index contributed by atoms with van der Waals surface area (Å²) in [6.45, 7) is 0.496. The summed E-state index contributed by atoms with van der Waals surface area (Å²) in [5, 5.41) is 17.0. The summed E-state index contributed by atoms with van der Waals surface area (Å²) in [5.74, 6) is 0. The van der Waals surface area contributed by atoms with Crippen LogP contribution in [0.4, 0.5) is 9.80 Å². The van der Waals surface area contributed by atoms with Gasteiger partial charge >= 0.3 is 11.0 Å². The highest BCUT2D eigenvalue weighted by atomic mass is 32.1. The second-order valence-electron chi connectivity index (χ2n) is 4.29. The first kappa shape index (κ1) is 15.6. The minimum atomic E-state index is -0.467. The summed E-state index contributed by atoms with van der Waals surface area (Å²) in [6.07, 6.45) is 2.10. The summed E-state index contributed by atoms with van der Waals surface area (Å²) in [5.41, 5.74) is 3.45. The zero-order valence-electron chi connectivity index (χ0n) is 11.6. The molecule has 7 nitrogen and oxygen atoms in total. The minimum absolute atomic E-state index is 0.0359. The predicted molar refractivity (Wildman–Crippen MR) is 85.2 cm³/mol. The molecule has 0 aliphatic carbocycles. The quantitative estimate of drug-likeness (QED) is 0.486. The maximum Gasteiger partial charge on any atom is 0.335 e. The van der Waals surface area contributed by atoms with Crippen LogP contribution < -0.4 is 10.7 Å². The number of nitrogens with zero attached hydrogens (tertiary/aromatic N) is 2. The van der Waals surface area contributed by atoms with E-state index in [9.17, 15) is 14.9 Å². The number of nitrogens with one attached hydrogen (secondary N) is 2. The molecule has 0 unspecified atom stereocenters. The maximum absolute atomic E-state index is 11.5. The third kappa shape index (κ3) is 4.98. The van der Waals surface area contributed by atoms with Gasteiger partial charge < -0.3 is 5.32 Å². The second kappa shape index (κ2) is 7.89. The number of hydrazone groups is 1. The fourth-order valence-corrected chi connectivity index (χ4v) is 2.36. The van der Waals surface area contributed by atoms with Crippen molar-refractivity contribution in [2.24, 2.45) is 5.10 Å². The topological polar surface area (TPSA) is 96.6 Å². The Hall–Kier alpha value is -2.74. The van der Waals surface area contributed by atoms with Crippen LogP contribution in [-0.4, -0.2) is 23.7 Å². The molecule has 0 saturated carbocycles. The molecular weight excluding hydrogens is 304 g/mol. The van der Waals surface area contributed by atoms with Crippen LogP contribution in [0, 0.1) is 10.1 Å². The van der Waals surface area contributed by atoms with Gasteiger partial charge in [0, 0.05) is 12.6 Å². The molecule has 1 heterocycles. The van der Waals surface area contributed by atoms with Gasteiger partial charge in [0.15, 0.2) is 0 Å². The van der Waals surface area contributed by atoms with Crippen LogP contribution >= 0.6 is 11.3 Å². The van der Waals surface area contributed by atoms with Gasteiger partial charge in [0.2, 0.25) is 0 Å².